The summed E-state index contributed by atoms with van der Waals surface area (Å²) in [6, 6.07) is 0. The molecule has 0 amide bonds. The maximum absolute atomic E-state index is 11.5. The minimum absolute atomic E-state index is 0.478. The second-order valence-electron chi connectivity index (χ2n) is 7.25. The van der Waals surface area contributed by atoms with Crippen LogP contribution in [0.15, 0.2) is 0 Å². The number of ketones is 1. The van der Waals surface area contributed by atoms with Gasteiger partial charge >= 0.3 is 0 Å². The van der Waals surface area contributed by atoms with Gasteiger partial charge in [-0.25, -0.2) is 0 Å². The molecule has 2 rings (SSSR count). The molecule has 2 saturated carbocycles. The molecule has 2 aliphatic rings. The zero-order valence-electron chi connectivity index (χ0n) is 13.0. The van der Waals surface area contributed by atoms with Crippen molar-refractivity contribution in [1.82, 2.24) is 0 Å². The summed E-state index contributed by atoms with van der Waals surface area (Å²) in [7, 11) is 0. The first-order valence-electron chi connectivity index (χ1n) is 8.70. The maximum atomic E-state index is 11.5. The highest BCUT2D eigenvalue weighted by molar-refractivity contribution is 5.78. The van der Waals surface area contributed by atoms with Gasteiger partial charge in [-0.2, -0.15) is 0 Å². The van der Waals surface area contributed by atoms with E-state index in [0.29, 0.717) is 11.7 Å². The van der Waals surface area contributed by atoms with Crippen LogP contribution in [0, 0.1) is 23.7 Å². The third-order valence-electron chi connectivity index (χ3n) is 5.77. The van der Waals surface area contributed by atoms with E-state index in [9.17, 15) is 4.79 Å². The topological polar surface area (TPSA) is 17.1 Å². The average Bonchev–Trinajstić information content (AvgIpc) is 2.64. The summed E-state index contributed by atoms with van der Waals surface area (Å²) in [5, 5.41) is 0. The minimum Gasteiger partial charge on any atom is -0.300 e. The molecule has 2 aliphatic carbocycles. The van der Waals surface area contributed by atoms with Crippen LogP contribution >= 0.6 is 0 Å². The van der Waals surface area contributed by atoms with E-state index in [2.05, 4.69) is 6.92 Å². The molecule has 0 spiro atoms. The highest BCUT2D eigenvalue weighted by Gasteiger charge is 2.29. The fourth-order valence-electron chi connectivity index (χ4n) is 4.32. The Hall–Kier alpha value is -0.330. The fraction of sp³-hybridized carbons (Fsp3) is 0.944. The molecular weight excluding hydrogens is 232 g/mol. The zero-order valence-corrected chi connectivity index (χ0v) is 13.0. The predicted molar refractivity (Wildman–Crippen MR) is 81.1 cm³/mol. The van der Waals surface area contributed by atoms with Crippen molar-refractivity contribution in [2.45, 2.75) is 84.5 Å². The van der Waals surface area contributed by atoms with E-state index < -0.39 is 0 Å². The lowest BCUT2D eigenvalue weighted by Gasteiger charge is -2.33. The Morgan fingerprint density at radius 3 is 2.21 bits per heavy atom. The van der Waals surface area contributed by atoms with Crippen LogP contribution in [0.25, 0.3) is 0 Å². The predicted octanol–water partition coefficient (Wildman–Crippen LogP) is 5.38. The summed E-state index contributed by atoms with van der Waals surface area (Å²) in [4.78, 5) is 11.5. The Morgan fingerprint density at radius 1 is 0.895 bits per heavy atom. The van der Waals surface area contributed by atoms with Gasteiger partial charge in [0.1, 0.15) is 5.78 Å². The standard InChI is InChI=1S/C18H32O/c1-3-18(19)13-15-8-11-17(12-9-15)16-6-4-5-14(2)7-10-16/h14-17H,3-13H2,1-2H3. The molecule has 0 aromatic rings. The first kappa shape index (κ1) is 15.1. The number of rotatable bonds is 4. The van der Waals surface area contributed by atoms with E-state index in [0.717, 1.165) is 30.6 Å². The van der Waals surface area contributed by atoms with Crippen LogP contribution in [-0.2, 0) is 4.79 Å². The van der Waals surface area contributed by atoms with Crippen molar-refractivity contribution in [2.75, 3.05) is 0 Å². The molecule has 0 saturated heterocycles. The van der Waals surface area contributed by atoms with Crippen LogP contribution in [-0.4, -0.2) is 5.78 Å². The van der Waals surface area contributed by atoms with Crippen molar-refractivity contribution >= 4 is 5.78 Å². The molecule has 2 fully saturated rings. The molecule has 0 heterocycles. The van der Waals surface area contributed by atoms with Crippen molar-refractivity contribution in [3.8, 4) is 0 Å². The molecule has 0 aliphatic heterocycles. The van der Waals surface area contributed by atoms with Gasteiger partial charge in [0.15, 0.2) is 0 Å². The lowest BCUT2D eigenvalue weighted by molar-refractivity contribution is -0.120. The molecule has 1 nitrogen and oxygen atoms in total. The van der Waals surface area contributed by atoms with Crippen molar-refractivity contribution in [1.29, 1.82) is 0 Å². The van der Waals surface area contributed by atoms with Gasteiger partial charge in [0.25, 0.3) is 0 Å². The van der Waals surface area contributed by atoms with Crippen LogP contribution < -0.4 is 0 Å². The molecule has 1 heteroatoms. The minimum atomic E-state index is 0.478. The number of carbonyl (C=O) groups is 1. The molecule has 0 bridgehead atoms. The van der Waals surface area contributed by atoms with E-state index in [1.807, 2.05) is 6.92 Å². The highest BCUT2D eigenvalue weighted by atomic mass is 16.1. The van der Waals surface area contributed by atoms with Gasteiger partial charge in [-0.1, -0.05) is 39.5 Å². The van der Waals surface area contributed by atoms with Crippen LogP contribution in [0.2, 0.25) is 0 Å². The Labute approximate surface area is 119 Å². The van der Waals surface area contributed by atoms with E-state index in [-0.39, 0.29) is 0 Å². The number of hydrogen-bond donors (Lipinski definition) is 0. The summed E-state index contributed by atoms with van der Waals surface area (Å²) >= 11 is 0. The fourth-order valence-corrected chi connectivity index (χ4v) is 4.32. The van der Waals surface area contributed by atoms with E-state index in [4.69, 9.17) is 0 Å². The lowest BCUT2D eigenvalue weighted by Crippen LogP contribution is -2.23. The second-order valence-corrected chi connectivity index (χ2v) is 7.25. The largest absolute Gasteiger partial charge is 0.300 e. The molecule has 0 N–H and O–H groups in total. The highest BCUT2D eigenvalue weighted by Crippen LogP contribution is 2.41. The third-order valence-corrected chi connectivity index (χ3v) is 5.77. The van der Waals surface area contributed by atoms with Gasteiger partial charge in [-0.15, -0.1) is 0 Å². The molecular formula is C18H32O. The summed E-state index contributed by atoms with van der Waals surface area (Å²) < 4.78 is 0. The number of carbonyl (C=O) groups excluding carboxylic acids is 1. The van der Waals surface area contributed by atoms with E-state index in [1.165, 1.54) is 57.8 Å². The van der Waals surface area contributed by atoms with Crippen LogP contribution in [0.1, 0.15) is 84.5 Å². The van der Waals surface area contributed by atoms with Crippen molar-refractivity contribution in [2.24, 2.45) is 23.7 Å². The summed E-state index contributed by atoms with van der Waals surface area (Å²) in [6.45, 7) is 4.43. The van der Waals surface area contributed by atoms with Gasteiger partial charge in [-0.05, 0) is 55.8 Å². The van der Waals surface area contributed by atoms with Crippen molar-refractivity contribution < 1.29 is 4.79 Å². The molecule has 110 valence electrons. The quantitative estimate of drug-likeness (QED) is 0.623. The zero-order chi connectivity index (χ0) is 13.7. The van der Waals surface area contributed by atoms with Crippen molar-refractivity contribution in [3.05, 3.63) is 0 Å². The first-order valence-corrected chi connectivity index (χ1v) is 8.70. The normalized spacial score (nSPS) is 36.7. The van der Waals surface area contributed by atoms with E-state index in [1.54, 1.807) is 0 Å². The Kier molecular flexibility index (Phi) is 5.91. The van der Waals surface area contributed by atoms with Crippen LogP contribution in [0.4, 0.5) is 0 Å². The van der Waals surface area contributed by atoms with Gasteiger partial charge in [-0.3, -0.25) is 4.79 Å². The number of hydrogen-bond acceptors (Lipinski definition) is 1. The molecule has 0 radical (unpaired) electrons. The third kappa shape index (κ3) is 4.61. The lowest BCUT2D eigenvalue weighted by atomic mass is 9.72. The van der Waals surface area contributed by atoms with Gasteiger partial charge < -0.3 is 0 Å². The second kappa shape index (κ2) is 7.45. The van der Waals surface area contributed by atoms with Crippen molar-refractivity contribution in [3.63, 3.8) is 0 Å². The first-order chi connectivity index (χ1) is 9.19. The molecule has 19 heavy (non-hydrogen) atoms. The van der Waals surface area contributed by atoms with Gasteiger partial charge in [0.05, 0.1) is 0 Å². The van der Waals surface area contributed by atoms with Crippen LogP contribution in [0.3, 0.4) is 0 Å². The average molecular weight is 264 g/mol. The monoisotopic (exact) mass is 264 g/mol. The summed E-state index contributed by atoms with van der Waals surface area (Å²) in [6.07, 6.45) is 14.4. The summed E-state index contributed by atoms with van der Waals surface area (Å²) in [5.74, 6) is 4.15. The SMILES string of the molecule is CCC(=O)CC1CCC(C2CCCC(C)CC2)CC1. The summed E-state index contributed by atoms with van der Waals surface area (Å²) in [5.41, 5.74) is 0. The number of Topliss-reactive ketones (excluding diaryl/α,β-unsaturated/α-hetero) is 1. The van der Waals surface area contributed by atoms with Gasteiger partial charge in [0.2, 0.25) is 0 Å². The Morgan fingerprint density at radius 2 is 1.53 bits per heavy atom. The molecule has 0 aromatic heterocycles. The van der Waals surface area contributed by atoms with E-state index >= 15 is 0 Å². The molecule has 0 aromatic carbocycles. The smallest absolute Gasteiger partial charge is 0.132 e. The van der Waals surface area contributed by atoms with Crippen LogP contribution in [0.5, 0.6) is 0 Å². The molecule has 2 atom stereocenters. The van der Waals surface area contributed by atoms with Gasteiger partial charge in [0, 0.05) is 12.8 Å². The molecule has 2 unspecified atom stereocenters. The maximum Gasteiger partial charge on any atom is 0.132 e. The Balaban J connectivity index is 1.74. The Bertz CT molecular complexity index is 275.